The van der Waals surface area contributed by atoms with E-state index in [0.29, 0.717) is 47.9 Å². The second-order valence-corrected chi connectivity index (χ2v) is 9.59. The summed E-state index contributed by atoms with van der Waals surface area (Å²) < 4.78 is 24.6. The normalized spacial score (nSPS) is 10.6. The Morgan fingerprint density at radius 1 is 0.947 bits per heavy atom. The summed E-state index contributed by atoms with van der Waals surface area (Å²) >= 11 is 1.64. The predicted octanol–water partition coefficient (Wildman–Crippen LogP) is 6.97. The second kappa shape index (κ2) is 13.4. The number of amides is 2. The van der Waals surface area contributed by atoms with Crippen LogP contribution in [0.3, 0.4) is 0 Å². The molecule has 1 aromatic heterocycles. The summed E-state index contributed by atoms with van der Waals surface area (Å²) in [6.07, 6.45) is 1.93. The lowest BCUT2D eigenvalue weighted by Gasteiger charge is -2.14. The van der Waals surface area contributed by atoms with Crippen LogP contribution in [0.2, 0.25) is 0 Å². The number of carbonyl (C=O) groups excluding carboxylic acids is 2. The van der Waals surface area contributed by atoms with E-state index in [1.165, 1.54) is 29.1 Å². The Kier molecular flexibility index (Phi) is 9.48. The Bertz CT molecular complexity index is 1340. The third kappa shape index (κ3) is 7.91. The van der Waals surface area contributed by atoms with E-state index in [1.54, 1.807) is 41.7 Å². The van der Waals surface area contributed by atoms with E-state index < -0.39 is 0 Å². The quantitative estimate of drug-likeness (QED) is 0.207. The first-order valence-corrected chi connectivity index (χ1v) is 13.3. The van der Waals surface area contributed by atoms with Crippen LogP contribution in [0.4, 0.5) is 10.1 Å². The molecule has 3 aromatic carbocycles. The number of hydrogen-bond acceptors (Lipinski definition) is 5. The average molecular weight is 533 g/mol. The molecule has 1 heterocycles. The first kappa shape index (κ1) is 26.9. The summed E-state index contributed by atoms with van der Waals surface area (Å²) in [4.78, 5) is 26.4. The topological polar surface area (TPSA) is 76.7 Å². The van der Waals surface area contributed by atoms with Gasteiger partial charge in [0, 0.05) is 34.7 Å². The highest BCUT2D eigenvalue weighted by molar-refractivity contribution is 7.09. The van der Waals surface area contributed by atoms with Gasteiger partial charge in [0.15, 0.2) is 0 Å². The van der Waals surface area contributed by atoms with Crippen molar-refractivity contribution in [1.82, 2.24) is 5.32 Å². The van der Waals surface area contributed by atoms with Gasteiger partial charge in [0.2, 0.25) is 5.91 Å². The van der Waals surface area contributed by atoms with Crippen LogP contribution in [0.1, 0.15) is 40.6 Å². The number of carbonyl (C=O) groups is 2. The fourth-order valence-corrected chi connectivity index (χ4v) is 4.36. The SMILES string of the molecule is CCCOc1ccc(NC(=O)CCc2cccs2)cc1CNC(=O)c1ccc(Oc2ccc(F)cc2)cc1. The molecule has 0 fully saturated rings. The third-order valence-corrected chi connectivity index (χ3v) is 6.53. The summed E-state index contributed by atoms with van der Waals surface area (Å²) in [5.74, 6) is 1.03. The molecular weight excluding hydrogens is 503 g/mol. The number of anilines is 1. The summed E-state index contributed by atoms with van der Waals surface area (Å²) in [5.41, 5.74) is 1.88. The van der Waals surface area contributed by atoms with Crippen molar-refractivity contribution < 1.29 is 23.5 Å². The lowest BCUT2D eigenvalue weighted by atomic mass is 10.1. The molecule has 4 aromatic rings. The number of thiophene rings is 1. The summed E-state index contributed by atoms with van der Waals surface area (Å²) in [7, 11) is 0. The minimum absolute atomic E-state index is 0.0708. The van der Waals surface area contributed by atoms with Crippen LogP contribution in [0, 0.1) is 5.82 Å². The van der Waals surface area contributed by atoms with Gasteiger partial charge in [0.1, 0.15) is 23.1 Å². The fraction of sp³-hybridized carbons (Fsp3) is 0.200. The Balaban J connectivity index is 1.36. The van der Waals surface area contributed by atoms with Crippen molar-refractivity contribution >= 4 is 28.8 Å². The van der Waals surface area contributed by atoms with Gasteiger partial charge in [-0.3, -0.25) is 9.59 Å². The van der Waals surface area contributed by atoms with Crippen molar-refractivity contribution in [1.29, 1.82) is 0 Å². The van der Waals surface area contributed by atoms with E-state index in [2.05, 4.69) is 10.6 Å². The van der Waals surface area contributed by atoms with Crippen molar-refractivity contribution in [2.24, 2.45) is 0 Å². The van der Waals surface area contributed by atoms with Crippen molar-refractivity contribution in [3.05, 3.63) is 106 Å². The zero-order chi connectivity index (χ0) is 26.7. The number of halogens is 1. The first-order chi connectivity index (χ1) is 18.5. The monoisotopic (exact) mass is 532 g/mol. The van der Waals surface area contributed by atoms with Crippen LogP contribution in [0.15, 0.2) is 84.2 Å². The maximum Gasteiger partial charge on any atom is 0.251 e. The Morgan fingerprint density at radius 2 is 1.68 bits per heavy atom. The van der Waals surface area contributed by atoms with Crippen LogP contribution in [-0.4, -0.2) is 18.4 Å². The fourth-order valence-electron chi connectivity index (χ4n) is 3.65. The molecule has 0 saturated heterocycles. The predicted molar refractivity (Wildman–Crippen MR) is 148 cm³/mol. The molecule has 6 nitrogen and oxygen atoms in total. The Hall–Kier alpha value is -4.17. The molecule has 0 bridgehead atoms. The van der Waals surface area contributed by atoms with Gasteiger partial charge in [0.05, 0.1) is 6.61 Å². The van der Waals surface area contributed by atoms with Crippen molar-refractivity contribution in [3.63, 3.8) is 0 Å². The van der Waals surface area contributed by atoms with Gasteiger partial charge in [-0.2, -0.15) is 0 Å². The highest BCUT2D eigenvalue weighted by atomic mass is 32.1. The number of ether oxygens (including phenoxy) is 2. The van der Waals surface area contributed by atoms with Gasteiger partial charge >= 0.3 is 0 Å². The molecule has 0 unspecified atom stereocenters. The molecule has 2 N–H and O–H groups in total. The van der Waals surface area contributed by atoms with Crippen LogP contribution in [0.5, 0.6) is 17.2 Å². The highest BCUT2D eigenvalue weighted by Crippen LogP contribution is 2.25. The number of benzene rings is 3. The van der Waals surface area contributed by atoms with Crippen LogP contribution in [0.25, 0.3) is 0 Å². The van der Waals surface area contributed by atoms with Gasteiger partial charge in [-0.25, -0.2) is 4.39 Å². The number of rotatable bonds is 12. The maximum atomic E-state index is 13.1. The number of nitrogens with one attached hydrogen (secondary N) is 2. The molecule has 0 aliphatic carbocycles. The smallest absolute Gasteiger partial charge is 0.251 e. The molecule has 38 heavy (non-hydrogen) atoms. The largest absolute Gasteiger partial charge is 0.493 e. The molecule has 0 spiro atoms. The van der Waals surface area contributed by atoms with E-state index in [1.807, 2.05) is 36.6 Å². The van der Waals surface area contributed by atoms with Crippen molar-refractivity contribution in [3.8, 4) is 17.2 Å². The Labute approximate surface area is 225 Å². The lowest BCUT2D eigenvalue weighted by Crippen LogP contribution is -2.23. The molecule has 0 atom stereocenters. The number of aryl methyl sites for hydroxylation is 1. The minimum atomic E-state index is -0.338. The molecule has 8 heteroatoms. The van der Waals surface area contributed by atoms with E-state index in [0.717, 1.165) is 12.0 Å². The summed E-state index contributed by atoms with van der Waals surface area (Å²) in [6.45, 7) is 2.79. The van der Waals surface area contributed by atoms with Gasteiger partial charge in [-0.15, -0.1) is 11.3 Å². The maximum absolute atomic E-state index is 13.1. The van der Waals surface area contributed by atoms with Gasteiger partial charge < -0.3 is 20.1 Å². The molecule has 0 radical (unpaired) electrons. The zero-order valence-electron chi connectivity index (χ0n) is 21.0. The van der Waals surface area contributed by atoms with E-state index >= 15 is 0 Å². The molecule has 196 valence electrons. The zero-order valence-corrected chi connectivity index (χ0v) is 21.9. The first-order valence-electron chi connectivity index (χ1n) is 12.4. The Morgan fingerprint density at radius 3 is 2.37 bits per heavy atom. The van der Waals surface area contributed by atoms with E-state index in [4.69, 9.17) is 9.47 Å². The summed E-state index contributed by atoms with van der Waals surface area (Å²) in [5, 5.41) is 7.86. The van der Waals surface area contributed by atoms with E-state index in [9.17, 15) is 14.0 Å². The molecule has 2 amide bonds. The lowest BCUT2D eigenvalue weighted by molar-refractivity contribution is -0.116. The molecule has 4 rings (SSSR count). The van der Waals surface area contributed by atoms with Gasteiger partial charge in [-0.1, -0.05) is 13.0 Å². The van der Waals surface area contributed by atoms with Crippen molar-refractivity contribution in [2.75, 3.05) is 11.9 Å². The highest BCUT2D eigenvalue weighted by Gasteiger charge is 2.12. The molecule has 0 saturated carbocycles. The standard InChI is InChI=1S/C30H29FN2O4S/c1-2-17-36-28-15-9-24(33-29(34)16-14-27-4-3-18-38-27)19-22(28)20-32-30(35)21-5-10-25(11-6-21)37-26-12-7-23(31)8-13-26/h3-13,15,18-19H,2,14,16-17,20H2,1H3,(H,32,35)(H,33,34). The third-order valence-electron chi connectivity index (χ3n) is 5.59. The van der Waals surface area contributed by atoms with Gasteiger partial charge in [0.25, 0.3) is 5.91 Å². The number of hydrogen-bond donors (Lipinski definition) is 2. The van der Waals surface area contributed by atoms with Crippen LogP contribution in [-0.2, 0) is 17.8 Å². The van der Waals surface area contributed by atoms with Crippen molar-refractivity contribution in [2.45, 2.75) is 32.7 Å². The van der Waals surface area contributed by atoms with Crippen LogP contribution >= 0.6 is 11.3 Å². The van der Waals surface area contributed by atoms with E-state index in [-0.39, 0.29) is 24.2 Å². The molecule has 0 aliphatic rings. The summed E-state index contributed by atoms with van der Waals surface area (Å²) in [6, 6.07) is 21.8. The average Bonchev–Trinajstić information content (AvgIpc) is 3.45. The molecule has 0 aliphatic heterocycles. The van der Waals surface area contributed by atoms with Gasteiger partial charge in [-0.05, 0) is 91.0 Å². The molecular formula is C30H29FN2O4S. The minimum Gasteiger partial charge on any atom is -0.493 e. The second-order valence-electron chi connectivity index (χ2n) is 8.56. The van der Waals surface area contributed by atoms with Crippen LogP contribution < -0.4 is 20.1 Å².